The zero-order chi connectivity index (χ0) is 14.1. The number of amides is 2. The predicted octanol–water partition coefficient (Wildman–Crippen LogP) is 0.267. The first-order chi connectivity index (χ1) is 9.17. The van der Waals surface area contributed by atoms with Crippen molar-refractivity contribution >= 4 is 56.3 Å². The van der Waals surface area contributed by atoms with Crippen LogP contribution in [0.2, 0.25) is 0 Å². The van der Waals surface area contributed by atoms with Crippen molar-refractivity contribution in [1.29, 1.82) is 0 Å². The third-order valence-electron chi connectivity index (χ3n) is 1.87. The van der Waals surface area contributed by atoms with E-state index >= 15 is 0 Å². The lowest BCUT2D eigenvalue weighted by Gasteiger charge is -2.14. The van der Waals surface area contributed by atoms with Gasteiger partial charge in [-0.15, -0.1) is 0 Å². The smallest absolute Gasteiger partial charge is 0.291 e. The maximum Gasteiger partial charge on any atom is 0.538 e. The van der Waals surface area contributed by atoms with Gasteiger partial charge in [-0.1, -0.05) is 62.2 Å². The molecule has 0 fully saturated rings. The average Bonchev–Trinajstić information content (AvgIpc) is 2.47. The second-order valence-electron chi connectivity index (χ2n) is 3.30. The quantitative estimate of drug-likeness (QED) is 0.396. The van der Waals surface area contributed by atoms with E-state index in [0.29, 0.717) is 5.46 Å². The van der Waals surface area contributed by atoms with Gasteiger partial charge in [-0.3, -0.25) is 19.1 Å². The van der Waals surface area contributed by atoms with Gasteiger partial charge >= 0.3 is 7.12 Å². The van der Waals surface area contributed by atoms with Crippen LogP contribution < -0.4 is 16.4 Å². The van der Waals surface area contributed by atoms with Crippen LogP contribution in [-0.4, -0.2) is 29.6 Å². The molecular formula is C10H11BBr2N2O4. The molecule has 102 valence electrons. The van der Waals surface area contributed by atoms with Gasteiger partial charge in [-0.25, -0.2) is 11.0 Å². The summed E-state index contributed by atoms with van der Waals surface area (Å²) in [5.74, 6) is -0.729. The maximum atomic E-state index is 11.1. The Morgan fingerprint density at radius 3 is 1.89 bits per heavy atom. The second kappa shape index (κ2) is 9.08. The van der Waals surface area contributed by atoms with E-state index in [1.807, 2.05) is 6.07 Å². The van der Waals surface area contributed by atoms with Crippen LogP contribution >= 0.6 is 31.9 Å². The predicted molar refractivity (Wildman–Crippen MR) is 77.9 cm³/mol. The summed E-state index contributed by atoms with van der Waals surface area (Å²) in [5.41, 5.74) is 5.04. The second-order valence-corrected chi connectivity index (χ2v) is 4.42. The molecule has 1 aromatic rings. The monoisotopic (exact) mass is 392 g/mol. The zero-order valence-corrected chi connectivity index (χ0v) is 12.9. The van der Waals surface area contributed by atoms with Crippen LogP contribution in [-0.2, 0) is 19.1 Å². The lowest BCUT2D eigenvalue weighted by molar-refractivity contribution is -0.128. The topological polar surface area (TPSA) is 76.7 Å². The first kappa shape index (κ1) is 16.2. The van der Waals surface area contributed by atoms with Gasteiger partial charge in [-0.2, -0.15) is 0 Å². The number of hydrogen-bond acceptors (Lipinski definition) is 4. The van der Waals surface area contributed by atoms with Crippen LogP contribution in [0.15, 0.2) is 30.3 Å². The minimum Gasteiger partial charge on any atom is -0.291 e. The molecule has 0 bridgehead atoms. The third kappa shape index (κ3) is 6.19. The standard InChI is InChI=1S/C10H11BBr2N2O4/c12-6-9(16)14-18-11(19-15-10(17)7-13)8-4-2-1-3-5-8/h1-5H,6-7H2,(H,14,16)(H,15,17). The van der Waals surface area contributed by atoms with Gasteiger partial charge < -0.3 is 0 Å². The molecule has 0 spiro atoms. The van der Waals surface area contributed by atoms with Crippen LogP contribution in [0.3, 0.4) is 0 Å². The molecule has 19 heavy (non-hydrogen) atoms. The highest BCUT2D eigenvalue weighted by molar-refractivity contribution is 9.09. The molecule has 9 heteroatoms. The Morgan fingerprint density at radius 1 is 1.00 bits per heavy atom. The fraction of sp³-hybridized carbons (Fsp3) is 0.200. The van der Waals surface area contributed by atoms with Crippen molar-refractivity contribution in [1.82, 2.24) is 11.0 Å². The summed E-state index contributed by atoms with van der Waals surface area (Å²) in [4.78, 5) is 22.2. The van der Waals surface area contributed by atoms with E-state index in [4.69, 9.17) is 9.51 Å². The number of hydrogen-bond donors (Lipinski definition) is 2. The zero-order valence-electron chi connectivity index (χ0n) is 9.77. The minimum atomic E-state index is -0.938. The van der Waals surface area contributed by atoms with E-state index in [1.165, 1.54) is 0 Å². The molecule has 0 heterocycles. The third-order valence-corrected chi connectivity index (χ3v) is 2.89. The van der Waals surface area contributed by atoms with E-state index in [9.17, 15) is 9.59 Å². The molecule has 0 unspecified atom stereocenters. The van der Waals surface area contributed by atoms with E-state index in [2.05, 4.69) is 42.8 Å². The van der Waals surface area contributed by atoms with Crippen molar-refractivity contribution in [3.63, 3.8) is 0 Å². The van der Waals surface area contributed by atoms with Crippen molar-refractivity contribution in [2.24, 2.45) is 0 Å². The van der Waals surface area contributed by atoms with Gasteiger partial charge in [-0.05, 0) is 5.46 Å². The normalized spacial score (nSPS) is 9.79. The van der Waals surface area contributed by atoms with E-state index < -0.39 is 7.12 Å². The first-order valence-electron chi connectivity index (χ1n) is 5.23. The molecule has 1 rings (SSSR count). The Hall–Kier alpha value is -0.895. The number of carbonyl (C=O) groups excluding carboxylic acids is 2. The number of benzene rings is 1. The number of hydroxylamine groups is 2. The lowest BCUT2D eigenvalue weighted by Crippen LogP contribution is -2.47. The van der Waals surface area contributed by atoms with E-state index in [-0.39, 0.29) is 22.5 Å². The van der Waals surface area contributed by atoms with Crippen molar-refractivity contribution in [2.75, 3.05) is 10.7 Å². The summed E-state index contributed by atoms with van der Waals surface area (Å²) in [6.45, 7) is 0. The molecule has 2 amide bonds. The molecule has 0 aliphatic rings. The Morgan fingerprint density at radius 2 is 1.47 bits per heavy atom. The van der Waals surface area contributed by atoms with Crippen molar-refractivity contribution in [2.45, 2.75) is 0 Å². The highest BCUT2D eigenvalue weighted by atomic mass is 79.9. The molecular weight excluding hydrogens is 383 g/mol. The fourth-order valence-corrected chi connectivity index (χ4v) is 1.29. The van der Waals surface area contributed by atoms with Crippen molar-refractivity contribution in [3.05, 3.63) is 30.3 Å². The highest BCUT2D eigenvalue weighted by Gasteiger charge is 2.24. The number of nitrogens with one attached hydrogen (secondary N) is 2. The van der Waals surface area contributed by atoms with Gasteiger partial charge in [0.25, 0.3) is 11.8 Å². The molecule has 0 aliphatic heterocycles. The summed E-state index contributed by atoms with van der Waals surface area (Å²) in [6, 6.07) is 8.88. The molecule has 1 aromatic carbocycles. The molecule has 0 saturated heterocycles. The molecule has 0 aliphatic carbocycles. The molecule has 0 atom stereocenters. The van der Waals surface area contributed by atoms with Gasteiger partial charge in [0.1, 0.15) is 0 Å². The molecule has 6 nitrogen and oxygen atoms in total. The summed E-state index contributed by atoms with van der Waals surface area (Å²) in [6.07, 6.45) is 0. The average molecular weight is 394 g/mol. The summed E-state index contributed by atoms with van der Waals surface area (Å²) in [7, 11) is -0.938. The Bertz CT molecular complexity index is 401. The number of alkyl halides is 2. The molecule has 0 radical (unpaired) electrons. The van der Waals surface area contributed by atoms with Crippen LogP contribution in [0.1, 0.15) is 0 Å². The first-order valence-corrected chi connectivity index (χ1v) is 7.47. The van der Waals surface area contributed by atoms with Crippen LogP contribution in [0.4, 0.5) is 0 Å². The Kier molecular flexibility index (Phi) is 7.72. The fourth-order valence-electron chi connectivity index (χ4n) is 1.06. The number of halogens is 2. The van der Waals surface area contributed by atoms with Gasteiger partial charge in [0.2, 0.25) is 0 Å². The van der Waals surface area contributed by atoms with Crippen molar-refractivity contribution < 1.29 is 19.1 Å². The van der Waals surface area contributed by atoms with E-state index in [1.54, 1.807) is 24.3 Å². The SMILES string of the molecule is O=C(CBr)NOB(ONC(=O)CBr)c1ccccc1. The minimum absolute atomic E-state index is 0.0995. The van der Waals surface area contributed by atoms with Gasteiger partial charge in [0, 0.05) is 0 Å². The van der Waals surface area contributed by atoms with Crippen LogP contribution in [0.25, 0.3) is 0 Å². The molecule has 0 aromatic heterocycles. The van der Waals surface area contributed by atoms with Gasteiger partial charge in [0.15, 0.2) is 0 Å². The Balaban J connectivity index is 2.62. The Labute approximate surface area is 127 Å². The maximum absolute atomic E-state index is 11.1. The van der Waals surface area contributed by atoms with Gasteiger partial charge in [0.05, 0.1) is 10.7 Å². The largest absolute Gasteiger partial charge is 0.538 e. The van der Waals surface area contributed by atoms with Crippen LogP contribution in [0.5, 0.6) is 0 Å². The lowest BCUT2D eigenvalue weighted by atomic mass is 9.80. The van der Waals surface area contributed by atoms with E-state index in [0.717, 1.165) is 0 Å². The molecule has 2 N–H and O–H groups in total. The molecule has 0 saturated carbocycles. The van der Waals surface area contributed by atoms with Crippen LogP contribution in [0, 0.1) is 0 Å². The summed E-state index contributed by atoms with van der Waals surface area (Å²) >= 11 is 5.97. The summed E-state index contributed by atoms with van der Waals surface area (Å²) in [5, 5.41) is 0.199. The van der Waals surface area contributed by atoms with Crippen molar-refractivity contribution in [3.8, 4) is 0 Å². The summed E-state index contributed by atoms with van der Waals surface area (Å²) < 4.78 is 10.2. The number of carbonyl (C=O) groups is 2. The highest BCUT2D eigenvalue weighted by Crippen LogP contribution is 1.92. The number of rotatable bonds is 7.